The predicted molar refractivity (Wildman–Crippen MR) is 36.8 cm³/mol. The number of thiocarbonyl (C=S) groups is 1. The van der Waals surface area contributed by atoms with E-state index in [1.165, 1.54) is 0 Å². The van der Waals surface area contributed by atoms with Crippen molar-refractivity contribution < 1.29 is 29.6 Å². The summed E-state index contributed by atoms with van der Waals surface area (Å²) in [4.78, 5) is 0. The quantitative estimate of drug-likeness (QED) is 0.188. The third-order valence-corrected chi connectivity index (χ3v) is 0.497. The zero-order valence-corrected chi connectivity index (χ0v) is 8.90. The molecule has 0 saturated carbocycles. The molecule has 0 unspecified atom stereocenters. The second-order valence-electron chi connectivity index (χ2n) is 1.29. The molecule has 0 rings (SSSR count). The molecular weight excluding hydrogens is 151 g/mol. The van der Waals surface area contributed by atoms with Crippen molar-refractivity contribution in [3.05, 3.63) is 0 Å². The van der Waals surface area contributed by atoms with Crippen LogP contribution in [0.3, 0.4) is 0 Å². The Morgan fingerprint density at radius 1 is 1.62 bits per heavy atom. The maximum Gasteiger partial charge on any atom is 1.00 e. The summed E-state index contributed by atoms with van der Waals surface area (Å²) < 4.78 is 0.380. The Morgan fingerprint density at radius 3 is 2.00 bits per heavy atom. The molecule has 0 heterocycles. The van der Waals surface area contributed by atoms with Gasteiger partial charge in [0.1, 0.15) is 0 Å². The van der Waals surface area contributed by atoms with Gasteiger partial charge < -0.3 is 30.3 Å². The number of rotatable bonds is 1. The van der Waals surface area contributed by atoms with Crippen molar-refractivity contribution in [3.8, 4) is 0 Å². The summed E-state index contributed by atoms with van der Waals surface area (Å²) in [6, 6.07) is 0. The van der Waals surface area contributed by atoms with Crippen molar-refractivity contribution >= 4 is 29.2 Å². The molecule has 8 heavy (non-hydrogen) atoms. The minimum atomic E-state index is 0. The average Bonchev–Trinajstić information content (AvgIpc) is 1.27. The summed E-state index contributed by atoms with van der Waals surface area (Å²) in [6.45, 7) is 0. The third kappa shape index (κ3) is 10.1. The van der Waals surface area contributed by atoms with Crippen molar-refractivity contribution in [3.63, 3.8) is 0 Å². The molecule has 0 aromatic heterocycles. The molecule has 0 bridgehead atoms. The molecule has 0 radical (unpaired) electrons. The van der Waals surface area contributed by atoms with E-state index in [-0.39, 0.29) is 29.6 Å². The van der Waals surface area contributed by atoms with E-state index in [1.807, 2.05) is 14.1 Å². The normalized spacial score (nSPS) is 7.88. The maximum atomic E-state index is 4.53. The smallest absolute Gasteiger partial charge is 0.410 e. The van der Waals surface area contributed by atoms with Gasteiger partial charge in [0.05, 0.1) is 0 Å². The van der Waals surface area contributed by atoms with Crippen LogP contribution in [0.2, 0.25) is 0 Å². The van der Waals surface area contributed by atoms with Crippen LogP contribution in [0.1, 0.15) is 0 Å². The SMILES string of the molecule is CN(C)NC(=S)[S-].[Na+]. The Morgan fingerprint density at radius 2 is 2.00 bits per heavy atom. The summed E-state index contributed by atoms with van der Waals surface area (Å²) in [6.07, 6.45) is 0. The van der Waals surface area contributed by atoms with E-state index in [2.05, 4.69) is 30.3 Å². The van der Waals surface area contributed by atoms with Gasteiger partial charge in [-0.1, -0.05) is 0 Å². The van der Waals surface area contributed by atoms with Crippen LogP contribution in [0.4, 0.5) is 0 Å². The molecule has 0 aliphatic carbocycles. The van der Waals surface area contributed by atoms with E-state index < -0.39 is 0 Å². The number of nitrogens with zero attached hydrogens (tertiary/aromatic N) is 1. The molecule has 2 nitrogen and oxygen atoms in total. The van der Waals surface area contributed by atoms with Crippen molar-refractivity contribution in [1.29, 1.82) is 0 Å². The van der Waals surface area contributed by atoms with Gasteiger partial charge in [0.15, 0.2) is 0 Å². The Bertz CT molecular complexity index is 75.7. The molecule has 0 fully saturated rings. The standard InChI is InChI=1S/C3H8N2S2.Na/c1-5(2)4-3(6)7;/h1-2H3,(H2,4,6,7);/q;+1/p-1. The maximum absolute atomic E-state index is 4.53. The van der Waals surface area contributed by atoms with E-state index in [9.17, 15) is 0 Å². The van der Waals surface area contributed by atoms with Gasteiger partial charge in [0.2, 0.25) is 0 Å². The van der Waals surface area contributed by atoms with E-state index in [1.54, 1.807) is 5.01 Å². The number of hydrazine groups is 1. The number of hydrogen-bond acceptors (Lipinski definition) is 3. The predicted octanol–water partition coefficient (Wildman–Crippen LogP) is -3.11. The summed E-state index contributed by atoms with van der Waals surface area (Å²) in [5, 5.41) is 1.70. The number of hydrogen-bond donors (Lipinski definition) is 1. The minimum absolute atomic E-state index is 0. The Labute approximate surface area is 82.7 Å². The van der Waals surface area contributed by atoms with E-state index in [4.69, 9.17) is 0 Å². The van der Waals surface area contributed by atoms with Crippen molar-refractivity contribution in [1.82, 2.24) is 10.4 Å². The molecule has 0 aliphatic rings. The minimum Gasteiger partial charge on any atom is -0.410 e. The van der Waals surface area contributed by atoms with Crippen molar-refractivity contribution in [2.75, 3.05) is 14.1 Å². The van der Waals surface area contributed by atoms with Gasteiger partial charge in [-0.05, 0) is 4.32 Å². The first kappa shape index (κ1) is 11.8. The Balaban J connectivity index is 0. The summed E-state index contributed by atoms with van der Waals surface area (Å²) in [7, 11) is 3.66. The van der Waals surface area contributed by atoms with Gasteiger partial charge in [-0.15, -0.1) is 0 Å². The molecular formula is C3H7N2NaS2. The van der Waals surface area contributed by atoms with Crippen LogP contribution in [-0.4, -0.2) is 23.4 Å². The first-order valence-electron chi connectivity index (χ1n) is 1.78. The molecule has 0 amide bonds. The van der Waals surface area contributed by atoms with Gasteiger partial charge in [-0.2, -0.15) is 0 Å². The number of nitrogens with one attached hydrogen (secondary N) is 1. The Kier molecular flexibility index (Phi) is 9.15. The second-order valence-corrected chi connectivity index (χ2v) is 2.37. The van der Waals surface area contributed by atoms with Crippen LogP contribution in [0.15, 0.2) is 0 Å². The van der Waals surface area contributed by atoms with Crippen LogP contribution in [0.5, 0.6) is 0 Å². The summed E-state index contributed by atoms with van der Waals surface area (Å²) in [5.74, 6) is 0. The van der Waals surface area contributed by atoms with Gasteiger partial charge in [0.25, 0.3) is 0 Å². The van der Waals surface area contributed by atoms with Gasteiger partial charge in [-0.3, -0.25) is 0 Å². The molecule has 0 saturated heterocycles. The monoisotopic (exact) mass is 158 g/mol. The zero-order chi connectivity index (χ0) is 5.86. The van der Waals surface area contributed by atoms with Gasteiger partial charge >= 0.3 is 29.6 Å². The molecule has 0 spiro atoms. The topological polar surface area (TPSA) is 15.3 Å². The molecule has 0 aliphatic heterocycles. The summed E-state index contributed by atoms with van der Waals surface area (Å²) >= 11 is 9.07. The first-order valence-corrected chi connectivity index (χ1v) is 2.59. The largest absolute Gasteiger partial charge is 1.00 e. The molecule has 0 atom stereocenters. The van der Waals surface area contributed by atoms with E-state index in [0.29, 0.717) is 4.32 Å². The fourth-order valence-electron chi connectivity index (χ4n) is 0.183. The molecule has 42 valence electrons. The molecule has 0 aromatic rings. The van der Waals surface area contributed by atoms with Gasteiger partial charge in [-0.25, -0.2) is 5.01 Å². The molecule has 5 heteroatoms. The molecule has 0 aromatic carbocycles. The second kappa shape index (κ2) is 6.19. The summed E-state index contributed by atoms with van der Waals surface area (Å²) in [5.41, 5.74) is 2.69. The third-order valence-electron chi connectivity index (χ3n) is 0.315. The van der Waals surface area contributed by atoms with Crippen molar-refractivity contribution in [2.24, 2.45) is 0 Å². The van der Waals surface area contributed by atoms with E-state index in [0.717, 1.165) is 0 Å². The Hall–Kier alpha value is 1.07. The van der Waals surface area contributed by atoms with Crippen LogP contribution in [0, 0.1) is 0 Å². The van der Waals surface area contributed by atoms with E-state index >= 15 is 0 Å². The van der Waals surface area contributed by atoms with Crippen molar-refractivity contribution in [2.45, 2.75) is 0 Å². The molecule has 1 N–H and O–H groups in total. The average molecular weight is 158 g/mol. The fraction of sp³-hybridized carbons (Fsp3) is 0.667. The zero-order valence-electron chi connectivity index (χ0n) is 5.26. The van der Waals surface area contributed by atoms with Gasteiger partial charge in [0, 0.05) is 14.1 Å². The van der Waals surface area contributed by atoms with Crippen LogP contribution in [0.25, 0.3) is 0 Å². The van der Waals surface area contributed by atoms with Crippen LogP contribution in [-0.2, 0) is 12.6 Å². The first-order chi connectivity index (χ1) is 3.13. The van der Waals surface area contributed by atoms with Crippen LogP contribution >= 0.6 is 12.2 Å². The fourth-order valence-corrected chi connectivity index (χ4v) is 0.548. The van der Waals surface area contributed by atoms with Crippen LogP contribution < -0.4 is 35.0 Å².